The highest BCUT2D eigenvalue weighted by Gasteiger charge is 2.50. The van der Waals surface area contributed by atoms with Crippen molar-refractivity contribution in [2.24, 2.45) is 10.9 Å². The summed E-state index contributed by atoms with van der Waals surface area (Å²) in [5, 5.41) is 0. The largest absolute Gasteiger partial charge is 0.321 e. The molecular formula is C15H18N2. The minimum atomic E-state index is 0.0862. The minimum Gasteiger partial charge on any atom is -0.321 e. The number of hydrogen-bond donors (Lipinski definition) is 0. The summed E-state index contributed by atoms with van der Waals surface area (Å²) in [4.78, 5) is 7.59. The zero-order valence-corrected chi connectivity index (χ0v) is 10.1. The lowest BCUT2D eigenvalue weighted by Crippen LogP contribution is -2.50. The number of allylic oxidation sites excluding steroid dienone is 4. The molecule has 0 saturated heterocycles. The van der Waals surface area contributed by atoms with E-state index in [9.17, 15) is 0 Å². The molecule has 17 heavy (non-hydrogen) atoms. The second-order valence-electron chi connectivity index (χ2n) is 5.54. The second kappa shape index (κ2) is 3.34. The Kier molecular flexibility index (Phi) is 1.91. The summed E-state index contributed by atoms with van der Waals surface area (Å²) in [6.45, 7) is 0. The lowest BCUT2D eigenvalue weighted by Gasteiger charge is -2.47. The number of aliphatic imine (C=N–C) groups is 1. The van der Waals surface area contributed by atoms with Gasteiger partial charge in [0.2, 0.25) is 0 Å². The number of nitrogens with zero attached hydrogens (tertiary/aromatic N) is 2. The Morgan fingerprint density at radius 1 is 1.29 bits per heavy atom. The summed E-state index contributed by atoms with van der Waals surface area (Å²) < 4.78 is 0. The molecule has 0 N–H and O–H groups in total. The lowest BCUT2D eigenvalue weighted by molar-refractivity contribution is 0.0718. The van der Waals surface area contributed by atoms with Crippen molar-refractivity contribution in [2.45, 2.75) is 44.2 Å². The first-order valence-corrected chi connectivity index (χ1v) is 6.83. The molecule has 1 saturated carbocycles. The molecule has 0 bridgehead atoms. The van der Waals surface area contributed by atoms with Gasteiger partial charge in [-0.25, -0.2) is 0 Å². The van der Waals surface area contributed by atoms with Crippen molar-refractivity contribution in [3.05, 3.63) is 36.2 Å². The van der Waals surface area contributed by atoms with E-state index in [1.807, 2.05) is 0 Å². The van der Waals surface area contributed by atoms with E-state index >= 15 is 0 Å². The highest BCUT2D eigenvalue weighted by atomic mass is 15.4. The average molecular weight is 226 g/mol. The monoisotopic (exact) mass is 226 g/mol. The minimum absolute atomic E-state index is 0.0862. The van der Waals surface area contributed by atoms with Gasteiger partial charge in [0.25, 0.3) is 0 Å². The van der Waals surface area contributed by atoms with E-state index in [0.29, 0.717) is 0 Å². The Bertz CT molecular complexity index is 469. The maximum Gasteiger partial charge on any atom is 0.139 e. The SMILES string of the molecule is C1=CC2=NC34CCCCC3CC=CN4C2=CC1. The molecule has 2 nitrogen and oxygen atoms in total. The predicted molar refractivity (Wildman–Crippen MR) is 69.6 cm³/mol. The van der Waals surface area contributed by atoms with Gasteiger partial charge < -0.3 is 4.90 Å². The van der Waals surface area contributed by atoms with E-state index in [0.717, 1.165) is 12.3 Å². The molecule has 0 aromatic rings. The van der Waals surface area contributed by atoms with Crippen LogP contribution in [0.25, 0.3) is 0 Å². The fourth-order valence-electron chi connectivity index (χ4n) is 3.86. The van der Waals surface area contributed by atoms with Crippen LogP contribution in [0.1, 0.15) is 38.5 Å². The maximum absolute atomic E-state index is 5.12. The van der Waals surface area contributed by atoms with E-state index in [4.69, 9.17) is 4.99 Å². The van der Waals surface area contributed by atoms with Crippen molar-refractivity contribution in [1.82, 2.24) is 4.90 Å². The van der Waals surface area contributed by atoms with Crippen molar-refractivity contribution >= 4 is 5.71 Å². The molecule has 0 aromatic heterocycles. The van der Waals surface area contributed by atoms with E-state index < -0.39 is 0 Å². The number of hydrogen-bond acceptors (Lipinski definition) is 2. The molecule has 2 unspecified atom stereocenters. The third-order valence-corrected chi connectivity index (χ3v) is 4.65. The molecule has 2 aliphatic carbocycles. The standard InChI is InChI=1S/C15H18N2/c1-2-9-14-13(8-1)16-15-10-4-3-6-12(15)7-5-11-17(14)15/h1,5,8-9,11-12H,2-4,6-7,10H2. The van der Waals surface area contributed by atoms with Crippen molar-refractivity contribution in [1.29, 1.82) is 0 Å². The molecule has 2 atom stereocenters. The van der Waals surface area contributed by atoms with E-state index in [-0.39, 0.29) is 5.66 Å². The Balaban J connectivity index is 1.86. The van der Waals surface area contributed by atoms with Crippen LogP contribution in [0.2, 0.25) is 0 Å². The van der Waals surface area contributed by atoms with Crippen LogP contribution in [0, 0.1) is 5.92 Å². The fourth-order valence-corrected chi connectivity index (χ4v) is 3.86. The third kappa shape index (κ3) is 1.18. The Hall–Kier alpha value is -1.31. The first-order valence-electron chi connectivity index (χ1n) is 6.83. The number of rotatable bonds is 0. The highest BCUT2D eigenvalue weighted by molar-refractivity contribution is 6.10. The summed E-state index contributed by atoms with van der Waals surface area (Å²) in [7, 11) is 0. The average Bonchev–Trinajstić information content (AvgIpc) is 2.71. The van der Waals surface area contributed by atoms with Crippen molar-refractivity contribution in [3.63, 3.8) is 0 Å². The lowest BCUT2D eigenvalue weighted by atomic mass is 9.75. The Morgan fingerprint density at radius 3 is 3.29 bits per heavy atom. The van der Waals surface area contributed by atoms with Gasteiger partial charge in [-0.15, -0.1) is 0 Å². The van der Waals surface area contributed by atoms with Gasteiger partial charge in [-0.2, -0.15) is 0 Å². The smallest absolute Gasteiger partial charge is 0.139 e. The first-order chi connectivity index (χ1) is 8.40. The molecule has 0 amide bonds. The van der Waals surface area contributed by atoms with Gasteiger partial charge in [-0.3, -0.25) is 4.99 Å². The molecule has 4 rings (SSSR count). The Labute approximate surface area is 102 Å². The van der Waals surface area contributed by atoms with E-state index in [1.54, 1.807) is 0 Å². The highest BCUT2D eigenvalue weighted by Crippen LogP contribution is 2.49. The molecule has 2 heteroatoms. The van der Waals surface area contributed by atoms with Crippen molar-refractivity contribution < 1.29 is 0 Å². The third-order valence-electron chi connectivity index (χ3n) is 4.65. The maximum atomic E-state index is 5.12. The van der Waals surface area contributed by atoms with Crippen LogP contribution in [0.3, 0.4) is 0 Å². The fraction of sp³-hybridized carbons (Fsp3) is 0.533. The van der Waals surface area contributed by atoms with Crippen LogP contribution in [0.5, 0.6) is 0 Å². The van der Waals surface area contributed by atoms with Crippen LogP contribution >= 0.6 is 0 Å². The molecule has 0 aromatic carbocycles. The van der Waals surface area contributed by atoms with Crippen LogP contribution < -0.4 is 0 Å². The normalized spacial score (nSPS) is 38.1. The second-order valence-corrected chi connectivity index (χ2v) is 5.54. The molecule has 2 heterocycles. The molecule has 1 spiro atoms. The van der Waals surface area contributed by atoms with Crippen molar-refractivity contribution in [3.8, 4) is 0 Å². The summed E-state index contributed by atoms with van der Waals surface area (Å²) in [5.74, 6) is 0.730. The van der Waals surface area contributed by atoms with Crippen LogP contribution in [-0.2, 0) is 0 Å². The first kappa shape index (κ1) is 9.69. The summed E-state index contributed by atoms with van der Waals surface area (Å²) >= 11 is 0. The van der Waals surface area contributed by atoms with Gasteiger partial charge in [0.05, 0.1) is 11.4 Å². The quantitative estimate of drug-likeness (QED) is 0.618. The zero-order chi connectivity index (χ0) is 11.3. The molecular weight excluding hydrogens is 208 g/mol. The van der Waals surface area contributed by atoms with Gasteiger partial charge >= 0.3 is 0 Å². The molecule has 0 radical (unpaired) electrons. The molecule has 88 valence electrons. The topological polar surface area (TPSA) is 15.6 Å². The zero-order valence-electron chi connectivity index (χ0n) is 10.1. The van der Waals surface area contributed by atoms with Crippen LogP contribution in [-0.4, -0.2) is 16.3 Å². The van der Waals surface area contributed by atoms with Crippen LogP contribution in [0.4, 0.5) is 0 Å². The Morgan fingerprint density at radius 2 is 2.29 bits per heavy atom. The predicted octanol–water partition coefficient (Wildman–Crippen LogP) is 3.39. The molecule has 1 fully saturated rings. The van der Waals surface area contributed by atoms with E-state index in [1.165, 1.54) is 43.5 Å². The van der Waals surface area contributed by atoms with Gasteiger partial charge in [-0.05, 0) is 38.2 Å². The van der Waals surface area contributed by atoms with Crippen molar-refractivity contribution in [2.75, 3.05) is 0 Å². The van der Waals surface area contributed by atoms with Gasteiger partial charge in [-0.1, -0.05) is 24.6 Å². The molecule has 4 aliphatic rings. The van der Waals surface area contributed by atoms with Crippen LogP contribution in [0.15, 0.2) is 41.2 Å². The van der Waals surface area contributed by atoms with Gasteiger partial charge in [0.1, 0.15) is 5.66 Å². The number of fused-ring (bicyclic) bond motifs is 2. The molecule has 2 aliphatic heterocycles. The summed E-state index contributed by atoms with van der Waals surface area (Å²) in [6.07, 6.45) is 18.9. The van der Waals surface area contributed by atoms with E-state index in [2.05, 4.69) is 35.4 Å². The summed E-state index contributed by atoms with van der Waals surface area (Å²) in [6, 6.07) is 0. The van der Waals surface area contributed by atoms with Gasteiger partial charge in [0.15, 0.2) is 0 Å². The summed E-state index contributed by atoms with van der Waals surface area (Å²) in [5.41, 5.74) is 2.66. The van der Waals surface area contributed by atoms with Gasteiger partial charge in [0, 0.05) is 12.1 Å².